The monoisotopic (exact) mass is 461 g/mol. The van der Waals surface area contributed by atoms with Gasteiger partial charge in [-0.15, -0.1) is 0 Å². The van der Waals surface area contributed by atoms with E-state index in [1.165, 1.54) is 76.9 Å². The summed E-state index contributed by atoms with van der Waals surface area (Å²) in [5.41, 5.74) is 1.10. The van der Waals surface area contributed by atoms with Crippen LogP contribution in [-0.2, 0) is 9.53 Å². The second-order valence-electron chi connectivity index (χ2n) is 7.63. The summed E-state index contributed by atoms with van der Waals surface area (Å²) in [6.07, 6.45) is 18.3. The molecule has 0 N–H and O–H groups in total. The van der Waals surface area contributed by atoms with Gasteiger partial charge in [-0.3, -0.25) is 4.79 Å². The average molecular weight is 462 g/mol. The standard InChI is InChI=1S/C25H36BrNO2/c1-2-3-4-5-6-7-8-9-10-11-12-13-14-15-25(28)29-21-23(20-27)22-16-18-24(26)19-17-22/h16-19,21H,2-15H2,1H3/b23-21+. The first kappa shape index (κ1) is 25.4. The van der Waals surface area contributed by atoms with Crippen molar-refractivity contribution in [2.45, 2.75) is 96.8 Å². The van der Waals surface area contributed by atoms with Gasteiger partial charge in [0.25, 0.3) is 0 Å². The molecule has 4 heteroatoms. The SMILES string of the molecule is CCCCCCCCCCCCCCCC(=O)O/C=C(\C#N)c1ccc(Br)cc1. The van der Waals surface area contributed by atoms with Crippen LogP contribution in [0.25, 0.3) is 5.57 Å². The molecule has 0 fully saturated rings. The molecular formula is C25H36BrNO2. The van der Waals surface area contributed by atoms with Crippen LogP contribution in [0.3, 0.4) is 0 Å². The van der Waals surface area contributed by atoms with Gasteiger partial charge in [-0.1, -0.05) is 112 Å². The first-order valence-corrected chi connectivity index (χ1v) is 12.0. The molecule has 0 heterocycles. The molecule has 0 radical (unpaired) electrons. The summed E-state index contributed by atoms with van der Waals surface area (Å²) in [6, 6.07) is 9.43. The van der Waals surface area contributed by atoms with E-state index in [1.807, 2.05) is 24.3 Å². The van der Waals surface area contributed by atoms with E-state index < -0.39 is 0 Å². The Balaban J connectivity index is 2.02. The van der Waals surface area contributed by atoms with Gasteiger partial charge >= 0.3 is 5.97 Å². The minimum Gasteiger partial charge on any atom is -0.433 e. The third-order valence-corrected chi connectivity index (χ3v) is 5.60. The van der Waals surface area contributed by atoms with E-state index in [0.29, 0.717) is 12.0 Å². The molecule has 1 rings (SSSR count). The van der Waals surface area contributed by atoms with E-state index in [1.54, 1.807) is 0 Å². The lowest BCUT2D eigenvalue weighted by molar-refractivity contribution is -0.138. The van der Waals surface area contributed by atoms with Crippen molar-refractivity contribution in [1.82, 2.24) is 0 Å². The zero-order chi connectivity index (χ0) is 21.2. The second kappa shape index (κ2) is 17.3. The molecule has 0 aliphatic rings. The van der Waals surface area contributed by atoms with Crippen LogP contribution in [0.2, 0.25) is 0 Å². The van der Waals surface area contributed by atoms with Crippen molar-refractivity contribution in [3.05, 3.63) is 40.6 Å². The maximum Gasteiger partial charge on any atom is 0.310 e. The smallest absolute Gasteiger partial charge is 0.310 e. The number of rotatable bonds is 16. The van der Waals surface area contributed by atoms with E-state index in [4.69, 9.17) is 4.74 Å². The van der Waals surface area contributed by atoms with Crippen molar-refractivity contribution < 1.29 is 9.53 Å². The Morgan fingerprint density at radius 2 is 1.38 bits per heavy atom. The number of halogens is 1. The Bertz CT molecular complexity index is 631. The fraction of sp³-hybridized carbons (Fsp3) is 0.600. The first-order chi connectivity index (χ1) is 14.2. The molecule has 0 spiro atoms. The van der Waals surface area contributed by atoms with Gasteiger partial charge in [0.1, 0.15) is 12.3 Å². The van der Waals surface area contributed by atoms with Crippen LogP contribution < -0.4 is 0 Å². The molecule has 29 heavy (non-hydrogen) atoms. The quantitative estimate of drug-likeness (QED) is 0.107. The van der Waals surface area contributed by atoms with E-state index in [2.05, 4.69) is 28.9 Å². The molecule has 0 unspecified atom stereocenters. The lowest BCUT2D eigenvalue weighted by Crippen LogP contribution is -2.00. The number of carbonyl (C=O) groups is 1. The maximum atomic E-state index is 11.9. The minimum absolute atomic E-state index is 0.266. The van der Waals surface area contributed by atoms with Gasteiger partial charge < -0.3 is 4.74 Å². The number of benzene rings is 1. The number of carbonyl (C=O) groups excluding carboxylic acids is 1. The summed E-state index contributed by atoms with van der Waals surface area (Å²) in [5.74, 6) is -0.266. The lowest BCUT2D eigenvalue weighted by atomic mass is 10.0. The number of esters is 1. The molecule has 0 saturated carbocycles. The normalized spacial score (nSPS) is 11.3. The highest BCUT2D eigenvalue weighted by atomic mass is 79.9. The van der Waals surface area contributed by atoms with Gasteiger partial charge in [0.15, 0.2) is 0 Å². The van der Waals surface area contributed by atoms with Gasteiger partial charge in [0, 0.05) is 10.9 Å². The summed E-state index contributed by atoms with van der Waals surface area (Å²) in [4.78, 5) is 11.9. The fourth-order valence-electron chi connectivity index (χ4n) is 3.26. The molecule has 0 amide bonds. The highest BCUT2D eigenvalue weighted by molar-refractivity contribution is 9.10. The molecule has 0 saturated heterocycles. The van der Waals surface area contributed by atoms with Crippen molar-refractivity contribution in [3.63, 3.8) is 0 Å². The van der Waals surface area contributed by atoms with Gasteiger partial charge in [-0.2, -0.15) is 5.26 Å². The Kier molecular flexibility index (Phi) is 15.2. The van der Waals surface area contributed by atoms with Crippen LogP contribution >= 0.6 is 15.9 Å². The molecule has 1 aromatic rings. The van der Waals surface area contributed by atoms with Crippen LogP contribution in [0, 0.1) is 11.3 Å². The lowest BCUT2D eigenvalue weighted by Gasteiger charge is -2.03. The van der Waals surface area contributed by atoms with Crippen LogP contribution in [0.4, 0.5) is 0 Å². The Labute approximate surface area is 185 Å². The van der Waals surface area contributed by atoms with Crippen molar-refractivity contribution in [3.8, 4) is 6.07 Å². The van der Waals surface area contributed by atoms with E-state index in [9.17, 15) is 10.1 Å². The Morgan fingerprint density at radius 1 is 0.897 bits per heavy atom. The number of ether oxygens (including phenoxy) is 1. The van der Waals surface area contributed by atoms with Gasteiger partial charge in [-0.05, 0) is 24.1 Å². The molecule has 0 aliphatic heterocycles. The molecule has 160 valence electrons. The molecule has 3 nitrogen and oxygen atoms in total. The van der Waals surface area contributed by atoms with Crippen molar-refractivity contribution in [2.75, 3.05) is 0 Å². The third-order valence-electron chi connectivity index (χ3n) is 5.07. The molecule has 1 aromatic carbocycles. The number of hydrogen-bond acceptors (Lipinski definition) is 3. The average Bonchev–Trinajstić information content (AvgIpc) is 2.73. The zero-order valence-electron chi connectivity index (χ0n) is 17.9. The largest absolute Gasteiger partial charge is 0.433 e. The molecular weight excluding hydrogens is 426 g/mol. The van der Waals surface area contributed by atoms with Crippen molar-refractivity contribution in [2.24, 2.45) is 0 Å². The number of nitriles is 1. The molecule has 0 atom stereocenters. The number of allylic oxidation sites excluding steroid dienone is 1. The third kappa shape index (κ3) is 13.3. The van der Waals surface area contributed by atoms with Crippen molar-refractivity contribution in [1.29, 1.82) is 5.26 Å². The first-order valence-electron chi connectivity index (χ1n) is 11.2. The molecule has 0 bridgehead atoms. The zero-order valence-corrected chi connectivity index (χ0v) is 19.5. The van der Waals surface area contributed by atoms with Crippen molar-refractivity contribution >= 4 is 27.5 Å². The summed E-state index contributed by atoms with van der Waals surface area (Å²) in [6.45, 7) is 2.26. The highest BCUT2D eigenvalue weighted by Gasteiger charge is 2.05. The summed E-state index contributed by atoms with van der Waals surface area (Å²) < 4.78 is 6.09. The number of hydrogen-bond donors (Lipinski definition) is 0. The Hall–Kier alpha value is -1.60. The van der Waals surface area contributed by atoms with Gasteiger partial charge in [-0.25, -0.2) is 0 Å². The van der Waals surface area contributed by atoms with E-state index in [-0.39, 0.29) is 5.97 Å². The highest BCUT2D eigenvalue weighted by Crippen LogP contribution is 2.18. The van der Waals surface area contributed by atoms with Crippen LogP contribution in [-0.4, -0.2) is 5.97 Å². The second-order valence-corrected chi connectivity index (χ2v) is 8.55. The Morgan fingerprint density at radius 3 is 1.86 bits per heavy atom. The van der Waals surface area contributed by atoms with Gasteiger partial charge in [0.05, 0.1) is 5.57 Å². The number of unbranched alkanes of at least 4 members (excludes halogenated alkanes) is 12. The van der Waals surface area contributed by atoms with Crippen LogP contribution in [0.15, 0.2) is 35.0 Å². The topological polar surface area (TPSA) is 50.1 Å². The summed E-state index contributed by atoms with van der Waals surface area (Å²) >= 11 is 3.36. The van der Waals surface area contributed by atoms with Crippen LogP contribution in [0.5, 0.6) is 0 Å². The molecule has 0 aromatic heterocycles. The van der Waals surface area contributed by atoms with E-state index >= 15 is 0 Å². The summed E-state index contributed by atoms with van der Waals surface area (Å²) in [7, 11) is 0. The minimum atomic E-state index is -0.266. The van der Waals surface area contributed by atoms with E-state index in [0.717, 1.165) is 22.9 Å². The fourth-order valence-corrected chi connectivity index (χ4v) is 3.52. The maximum absolute atomic E-state index is 11.9. The van der Waals surface area contributed by atoms with Gasteiger partial charge in [0.2, 0.25) is 0 Å². The number of nitrogens with zero attached hydrogens (tertiary/aromatic N) is 1. The predicted octanol–water partition coefficient (Wildman–Crippen LogP) is 8.34. The molecule has 0 aliphatic carbocycles. The van der Waals surface area contributed by atoms with Crippen LogP contribution in [0.1, 0.15) is 102 Å². The summed E-state index contributed by atoms with van der Waals surface area (Å²) in [5, 5.41) is 9.24. The predicted molar refractivity (Wildman–Crippen MR) is 124 cm³/mol.